The molecule has 1 aliphatic carbocycles. The van der Waals surface area contributed by atoms with Gasteiger partial charge in [0.1, 0.15) is 23.5 Å². The van der Waals surface area contributed by atoms with Crippen LogP contribution in [0, 0.1) is 23.1 Å². The predicted octanol–water partition coefficient (Wildman–Crippen LogP) is 5.09. The molecule has 5 aromatic rings. The number of pyridine rings is 1. The van der Waals surface area contributed by atoms with Gasteiger partial charge in [0.2, 0.25) is 12.0 Å². The number of fused-ring (bicyclic) bond motifs is 1. The molecular formula is C33H31FN7O+. The lowest BCUT2D eigenvalue weighted by atomic mass is 9.79. The summed E-state index contributed by atoms with van der Waals surface area (Å²) in [4.78, 5) is 17.8. The number of imidazole rings is 1. The van der Waals surface area contributed by atoms with Crippen molar-refractivity contribution in [3.05, 3.63) is 114 Å². The van der Waals surface area contributed by atoms with Crippen molar-refractivity contribution >= 4 is 28.2 Å². The Hall–Kier alpha value is -5.07. The lowest BCUT2D eigenvalue weighted by Crippen LogP contribution is -2.38. The number of nitriles is 1. The first-order chi connectivity index (χ1) is 20.2. The van der Waals surface area contributed by atoms with Gasteiger partial charge in [-0.3, -0.25) is 4.79 Å². The summed E-state index contributed by atoms with van der Waals surface area (Å²) in [5, 5.41) is 14.0. The molecular weight excluding hydrogens is 529 g/mol. The van der Waals surface area contributed by atoms with E-state index >= 15 is 4.39 Å². The second-order valence-electron chi connectivity index (χ2n) is 11.1. The summed E-state index contributed by atoms with van der Waals surface area (Å²) in [5.74, 6) is -0.0445. The Labute approximate surface area is 243 Å². The monoisotopic (exact) mass is 560 g/mol. The highest BCUT2D eigenvalue weighted by atomic mass is 19.1. The third kappa shape index (κ3) is 5.20. The molecule has 2 aromatic heterocycles. The van der Waals surface area contributed by atoms with Gasteiger partial charge in [-0.05, 0) is 83.8 Å². The maximum Gasteiger partial charge on any atom is 0.299 e. The molecule has 0 aliphatic heterocycles. The molecule has 3 aromatic carbocycles. The average molecular weight is 561 g/mol. The highest BCUT2D eigenvalue weighted by Crippen LogP contribution is 2.40. The number of aryl methyl sites for hydroxylation is 1. The number of hydrogen-bond acceptors (Lipinski definition) is 5. The van der Waals surface area contributed by atoms with Crippen LogP contribution in [0.25, 0.3) is 16.5 Å². The molecule has 0 radical (unpaired) electrons. The minimum absolute atomic E-state index is 0.0255. The van der Waals surface area contributed by atoms with Gasteiger partial charge in [0.05, 0.1) is 29.9 Å². The molecule has 2 heterocycles. The van der Waals surface area contributed by atoms with Crippen molar-refractivity contribution in [1.29, 1.82) is 5.26 Å². The van der Waals surface area contributed by atoms with E-state index in [0.29, 0.717) is 40.7 Å². The lowest BCUT2D eigenvalue weighted by molar-refractivity contribution is -0.670. The highest BCUT2D eigenvalue weighted by Gasteiger charge is 2.34. The van der Waals surface area contributed by atoms with Gasteiger partial charge in [-0.25, -0.2) is 13.9 Å². The number of nitrogens with zero attached hydrogens (tertiary/aromatic N) is 4. The summed E-state index contributed by atoms with van der Waals surface area (Å²) in [6.07, 6.45) is 8.99. The Bertz CT molecular complexity index is 1870. The SMILES string of the molecule is C[n+]1cc(C(=O)Nc2cc(C(N)(CCC3CC3)c3cccc(C#N)c3)ccc2F)n(-c2ccc3ccnc(N)c3c2)c1. The molecule has 0 bridgehead atoms. The fourth-order valence-electron chi connectivity index (χ4n) is 5.48. The largest absolute Gasteiger partial charge is 0.383 e. The van der Waals surface area contributed by atoms with Crippen LogP contribution in [0.15, 0.2) is 85.5 Å². The van der Waals surface area contributed by atoms with E-state index in [0.717, 1.165) is 22.8 Å². The van der Waals surface area contributed by atoms with Crippen LogP contribution in [0.5, 0.6) is 0 Å². The molecule has 1 fully saturated rings. The van der Waals surface area contributed by atoms with Gasteiger partial charge in [0.25, 0.3) is 5.91 Å². The van der Waals surface area contributed by atoms with Crippen LogP contribution in [0.1, 0.15) is 52.9 Å². The maximum absolute atomic E-state index is 15.2. The van der Waals surface area contributed by atoms with Gasteiger partial charge in [-0.15, -0.1) is 0 Å². The minimum Gasteiger partial charge on any atom is -0.383 e. The van der Waals surface area contributed by atoms with Crippen molar-refractivity contribution in [1.82, 2.24) is 9.55 Å². The Morgan fingerprint density at radius 1 is 1.17 bits per heavy atom. The number of carbonyl (C=O) groups excluding carboxylic acids is 1. The zero-order valence-electron chi connectivity index (χ0n) is 23.2. The molecule has 210 valence electrons. The molecule has 1 atom stereocenters. The number of benzene rings is 3. The van der Waals surface area contributed by atoms with Gasteiger partial charge < -0.3 is 16.8 Å². The van der Waals surface area contributed by atoms with Gasteiger partial charge in [0, 0.05) is 11.6 Å². The van der Waals surface area contributed by atoms with E-state index in [-0.39, 0.29) is 5.69 Å². The molecule has 6 rings (SSSR count). The lowest BCUT2D eigenvalue weighted by Gasteiger charge is -2.32. The third-order valence-electron chi connectivity index (χ3n) is 8.05. The normalized spacial score (nSPS) is 14.3. The summed E-state index contributed by atoms with van der Waals surface area (Å²) in [5.41, 5.74) is 15.2. The average Bonchev–Trinajstić information content (AvgIpc) is 3.75. The Balaban J connectivity index is 1.35. The van der Waals surface area contributed by atoms with Crippen LogP contribution in [-0.2, 0) is 12.6 Å². The number of halogens is 1. The van der Waals surface area contributed by atoms with Crippen molar-refractivity contribution in [2.45, 2.75) is 31.2 Å². The summed E-state index contributed by atoms with van der Waals surface area (Å²) in [7, 11) is 1.81. The van der Waals surface area contributed by atoms with Gasteiger partial charge in [0.15, 0.2) is 0 Å². The molecule has 42 heavy (non-hydrogen) atoms. The van der Waals surface area contributed by atoms with Gasteiger partial charge >= 0.3 is 0 Å². The topological polar surface area (TPSA) is 127 Å². The van der Waals surface area contributed by atoms with Crippen molar-refractivity contribution < 1.29 is 13.8 Å². The smallest absolute Gasteiger partial charge is 0.299 e. The molecule has 1 amide bonds. The van der Waals surface area contributed by atoms with E-state index < -0.39 is 17.3 Å². The fourth-order valence-corrected chi connectivity index (χ4v) is 5.48. The maximum atomic E-state index is 15.2. The van der Waals surface area contributed by atoms with Crippen LogP contribution in [0.3, 0.4) is 0 Å². The summed E-state index contributed by atoms with van der Waals surface area (Å²) in [6, 6.07) is 21.5. The molecule has 0 saturated heterocycles. The van der Waals surface area contributed by atoms with E-state index in [4.69, 9.17) is 11.5 Å². The second-order valence-corrected chi connectivity index (χ2v) is 11.1. The first-order valence-electron chi connectivity index (χ1n) is 13.9. The zero-order valence-corrected chi connectivity index (χ0v) is 23.2. The van der Waals surface area contributed by atoms with Gasteiger partial charge in [-0.1, -0.05) is 31.0 Å². The number of carbonyl (C=O) groups is 1. The summed E-state index contributed by atoms with van der Waals surface area (Å²) in [6.45, 7) is 0. The molecule has 5 N–H and O–H groups in total. The van der Waals surface area contributed by atoms with Crippen molar-refractivity contribution in [3.8, 4) is 11.8 Å². The third-order valence-corrected chi connectivity index (χ3v) is 8.05. The Kier molecular flexibility index (Phi) is 6.93. The van der Waals surface area contributed by atoms with Crippen LogP contribution in [0.4, 0.5) is 15.9 Å². The molecule has 0 spiro atoms. The number of amides is 1. The minimum atomic E-state index is -0.964. The second kappa shape index (κ2) is 10.7. The van der Waals surface area contributed by atoms with E-state index in [2.05, 4.69) is 16.4 Å². The van der Waals surface area contributed by atoms with Crippen molar-refractivity contribution in [2.75, 3.05) is 11.1 Å². The van der Waals surface area contributed by atoms with Crippen LogP contribution < -0.4 is 21.4 Å². The van der Waals surface area contributed by atoms with E-state index in [1.165, 1.54) is 18.9 Å². The molecule has 8 nitrogen and oxygen atoms in total. The van der Waals surface area contributed by atoms with Crippen LogP contribution >= 0.6 is 0 Å². The standard InChI is InChI=1S/C33H30FN7O/c1-40-19-30(41(20-40)26-9-7-23-12-14-38-31(36)27(23)17-26)32(42)39-29-16-25(8-10-28(29)34)33(37,13-11-21-5-6-21)24-4-2-3-22(15-24)18-35/h2-4,7-10,12,14-17,19-21H,5-6,11,13,37H2,1H3,(H2-,36,38,39,42)/p+1. The number of rotatable bonds is 8. The predicted molar refractivity (Wildman–Crippen MR) is 159 cm³/mol. The van der Waals surface area contributed by atoms with Gasteiger partial charge in [-0.2, -0.15) is 9.83 Å². The van der Waals surface area contributed by atoms with E-state index in [9.17, 15) is 10.1 Å². The highest BCUT2D eigenvalue weighted by molar-refractivity contribution is 6.03. The number of nitrogens with two attached hydrogens (primary N) is 2. The first kappa shape index (κ1) is 27.1. The molecule has 9 heteroatoms. The Morgan fingerprint density at radius 3 is 2.76 bits per heavy atom. The number of nitrogens with one attached hydrogen (secondary N) is 1. The zero-order chi connectivity index (χ0) is 29.4. The Morgan fingerprint density at radius 2 is 1.98 bits per heavy atom. The number of anilines is 2. The molecule has 1 aliphatic rings. The van der Waals surface area contributed by atoms with Crippen molar-refractivity contribution in [3.63, 3.8) is 0 Å². The van der Waals surface area contributed by atoms with Crippen molar-refractivity contribution in [2.24, 2.45) is 18.7 Å². The van der Waals surface area contributed by atoms with E-state index in [1.54, 1.807) is 52.1 Å². The van der Waals surface area contributed by atoms with Crippen LogP contribution in [-0.4, -0.2) is 15.5 Å². The summed E-state index contributed by atoms with van der Waals surface area (Å²) < 4.78 is 18.7. The molecule has 1 saturated carbocycles. The number of hydrogen-bond donors (Lipinski definition) is 3. The quantitative estimate of drug-likeness (QED) is 0.228. The summed E-state index contributed by atoms with van der Waals surface area (Å²) >= 11 is 0. The van der Waals surface area contributed by atoms with Crippen LogP contribution in [0.2, 0.25) is 0 Å². The number of nitrogen functional groups attached to an aromatic ring is 1. The molecule has 1 unspecified atom stereocenters. The number of aromatic nitrogens is 3. The first-order valence-corrected chi connectivity index (χ1v) is 13.9. The fraction of sp³-hybridized carbons (Fsp3) is 0.212. The van der Waals surface area contributed by atoms with E-state index in [1.807, 2.05) is 43.4 Å².